The number of hydrogen-bond donors (Lipinski definition) is 1. The van der Waals surface area contributed by atoms with Gasteiger partial charge in [0.2, 0.25) is 0 Å². The molecule has 20 heavy (non-hydrogen) atoms. The van der Waals surface area contributed by atoms with Crippen LogP contribution in [0.1, 0.15) is 50.4 Å². The lowest BCUT2D eigenvalue weighted by atomic mass is 10.1. The molecule has 0 heterocycles. The number of hydrogen-bond acceptors (Lipinski definition) is 2. The summed E-state index contributed by atoms with van der Waals surface area (Å²) in [4.78, 5) is 14.5. The summed E-state index contributed by atoms with van der Waals surface area (Å²) < 4.78 is 0. The van der Waals surface area contributed by atoms with Gasteiger partial charge in [0, 0.05) is 18.2 Å². The second-order valence-corrected chi connectivity index (χ2v) is 5.78. The van der Waals surface area contributed by atoms with E-state index in [1.54, 1.807) is 12.1 Å². The molecule has 2 N–H and O–H groups in total. The second kappa shape index (κ2) is 7.75. The molecule has 0 aliphatic carbocycles. The molecule has 0 aromatic heterocycles. The third kappa shape index (κ3) is 4.03. The summed E-state index contributed by atoms with van der Waals surface area (Å²) in [5.41, 5.74) is 6.51. The molecule has 1 unspecified atom stereocenters. The Kier molecular flexibility index (Phi) is 6.63. The van der Waals surface area contributed by atoms with Gasteiger partial charge in [-0.15, -0.1) is 0 Å². The minimum atomic E-state index is -0.0448. The average Bonchev–Trinajstić information content (AvgIpc) is 2.43. The first-order chi connectivity index (χ1) is 9.42. The fourth-order valence-corrected chi connectivity index (χ4v) is 2.43. The van der Waals surface area contributed by atoms with Crippen LogP contribution in [-0.2, 0) is 0 Å². The van der Waals surface area contributed by atoms with E-state index in [0.29, 0.717) is 21.3 Å². The summed E-state index contributed by atoms with van der Waals surface area (Å²) in [7, 11) is 0. The van der Waals surface area contributed by atoms with E-state index in [0.717, 1.165) is 25.8 Å². The van der Waals surface area contributed by atoms with Gasteiger partial charge in [-0.05, 0) is 31.9 Å². The van der Waals surface area contributed by atoms with Crippen LogP contribution < -0.4 is 5.73 Å². The Labute approximate surface area is 131 Å². The zero-order valence-electron chi connectivity index (χ0n) is 12.2. The molecule has 0 bridgehead atoms. The zero-order chi connectivity index (χ0) is 15.3. The van der Waals surface area contributed by atoms with Crippen molar-refractivity contribution < 1.29 is 4.79 Å². The molecule has 0 aliphatic heterocycles. The van der Waals surface area contributed by atoms with E-state index in [4.69, 9.17) is 28.9 Å². The van der Waals surface area contributed by atoms with Crippen LogP contribution in [-0.4, -0.2) is 23.4 Å². The lowest BCUT2D eigenvalue weighted by Crippen LogP contribution is -2.39. The Hall–Kier alpha value is -0.930. The van der Waals surface area contributed by atoms with Gasteiger partial charge < -0.3 is 10.6 Å². The zero-order valence-corrected chi connectivity index (χ0v) is 13.8. The van der Waals surface area contributed by atoms with Crippen LogP contribution in [0.2, 0.25) is 10.0 Å². The standard InChI is InChI=1S/C15H22Cl2N2O/c1-4-6-7-19(10(3)5-2)15(20)11-8-12(16)14(18)13(17)9-11/h8-10H,4-7,18H2,1-3H3. The first-order valence-corrected chi connectivity index (χ1v) is 7.73. The van der Waals surface area contributed by atoms with Crippen LogP contribution in [0.4, 0.5) is 5.69 Å². The lowest BCUT2D eigenvalue weighted by molar-refractivity contribution is 0.0685. The number of nitrogen functional groups attached to an aromatic ring is 1. The number of benzene rings is 1. The maximum absolute atomic E-state index is 12.6. The largest absolute Gasteiger partial charge is 0.396 e. The molecule has 5 heteroatoms. The molecule has 1 aromatic rings. The number of carbonyl (C=O) groups is 1. The third-order valence-corrected chi connectivity index (χ3v) is 4.09. The van der Waals surface area contributed by atoms with Crippen molar-refractivity contribution in [2.24, 2.45) is 0 Å². The van der Waals surface area contributed by atoms with E-state index in [1.165, 1.54) is 0 Å². The predicted octanol–water partition coefficient (Wildman–Crippen LogP) is 4.62. The molecule has 1 rings (SSSR count). The van der Waals surface area contributed by atoms with Gasteiger partial charge in [0.1, 0.15) is 0 Å². The molecule has 0 radical (unpaired) electrons. The SMILES string of the molecule is CCCCN(C(=O)c1cc(Cl)c(N)c(Cl)c1)C(C)CC. The number of halogens is 2. The van der Waals surface area contributed by atoms with Crippen LogP contribution in [0.3, 0.4) is 0 Å². The van der Waals surface area contributed by atoms with Gasteiger partial charge in [-0.2, -0.15) is 0 Å². The molecule has 1 atom stereocenters. The van der Waals surface area contributed by atoms with Crippen molar-refractivity contribution >= 4 is 34.8 Å². The van der Waals surface area contributed by atoms with Crippen molar-refractivity contribution in [2.45, 2.75) is 46.1 Å². The van der Waals surface area contributed by atoms with E-state index >= 15 is 0 Å². The quantitative estimate of drug-likeness (QED) is 0.778. The number of rotatable bonds is 6. The number of carbonyl (C=O) groups excluding carboxylic acids is 1. The third-order valence-electron chi connectivity index (χ3n) is 3.46. The Balaban J connectivity index is 3.05. The van der Waals surface area contributed by atoms with Crippen molar-refractivity contribution in [3.8, 4) is 0 Å². The molecule has 3 nitrogen and oxygen atoms in total. The van der Waals surface area contributed by atoms with Crippen molar-refractivity contribution in [3.05, 3.63) is 27.7 Å². The molecular formula is C15H22Cl2N2O. The molecule has 0 aliphatic rings. The fourth-order valence-electron chi connectivity index (χ4n) is 1.94. The highest BCUT2D eigenvalue weighted by molar-refractivity contribution is 6.39. The van der Waals surface area contributed by atoms with Gasteiger partial charge in [0.15, 0.2) is 0 Å². The Morgan fingerprint density at radius 2 is 1.85 bits per heavy atom. The minimum absolute atomic E-state index is 0.0448. The van der Waals surface area contributed by atoms with E-state index in [1.807, 2.05) is 11.8 Å². The lowest BCUT2D eigenvalue weighted by Gasteiger charge is -2.29. The Morgan fingerprint density at radius 3 is 2.30 bits per heavy atom. The first-order valence-electron chi connectivity index (χ1n) is 6.97. The highest BCUT2D eigenvalue weighted by atomic mass is 35.5. The maximum atomic E-state index is 12.6. The number of amides is 1. The van der Waals surface area contributed by atoms with Gasteiger partial charge in [-0.1, -0.05) is 43.5 Å². The second-order valence-electron chi connectivity index (χ2n) is 4.96. The Bertz CT molecular complexity index is 454. The van der Waals surface area contributed by atoms with Gasteiger partial charge in [0.05, 0.1) is 15.7 Å². The van der Waals surface area contributed by atoms with Crippen molar-refractivity contribution in [2.75, 3.05) is 12.3 Å². The summed E-state index contributed by atoms with van der Waals surface area (Å²) >= 11 is 12.0. The number of nitrogens with zero attached hydrogens (tertiary/aromatic N) is 1. The van der Waals surface area contributed by atoms with Crippen molar-refractivity contribution in [1.29, 1.82) is 0 Å². The number of anilines is 1. The monoisotopic (exact) mass is 316 g/mol. The molecule has 0 saturated heterocycles. The molecule has 1 amide bonds. The fraction of sp³-hybridized carbons (Fsp3) is 0.533. The summed E-state index contributed by atoms with van der Waals surface area (Å²) in [6.45, 7) is 6.97. The van der Waals surface area contributed by atoms with E-state index in [-0.39, 0.29) is 11.9 Å². The van der Waals surface area contributed by atoms with Gasteiger partial charge in [-0.25, -0.2) is 0 Å². The van der Waals surface area contributed by atoms with E-state index in [9.17, 15) is 4.79 Å². The number of nitrogens with two attached hydrogens (primary N) is 1. The molecule has 0 saturated carbocycles. The summed E-state index contributed by atoms with van der Waals surface area (Å²) in [6.07, 6.45) is 2.93. The average molecular weight is 317 g/mol. The summed E-state index contributed by atoms with van der Waals surface area (Å²) in [5.74, 6) is -0.0448. The topological polar surface area (TPSA) is 46.3 Å². The minimum Gasteiger partial charge on any atom is -0.396 e. The number of unbranched alkanes of at least 4 members (excludes halogenated alkanes) is 1. The first kappa shape index (κ1) is 17.1. The molecule has 112 valence electrons. The van der Waals surface area contributed by atoms with Crippen molar-refractivity contribution in [1.82, 2.24) is 4.90 Å². The van der Waals surface area contributed by atoms with Crippen LogP contribution in [0.15, 0.2) is 12.1 Å². The highest BCUT2D eigenvalue weighted by Crippen LogP contribution is 2.29. The summed E-state index contributed by atoms with van der Waals surface area (Å²) in [6, 6.07) is 3.36. The molecule has 1 aromatic carbocycles. The summed E-state index contributed by atoms with van der Waals surface area (Å²) in [5, 5.41) is 0.640. The Morgan fingerprint density at radius 1 is 1.30 bits per heavy atom. The predicted molar refractivity (Wildman–Crippen MR) is 86.6 cm³/mol. The molecule has 0 spiro atoms. The van der Waals surface area contributed by atoms with Crippen LogP contribution in [0.25, 0.3) is 0 Å². The highest BCUT2D eigenvalue weighted by Gasteiger charge is 2.21. The smallest absolute Gasteiger partial charge is 0.254 e. The van der Waals surface area contributed by atoms with Crippen LogP contribution in [0, 0.1) is 0 Å². The van der Waals surface area contributed by atoms with Crippen molar-refractivity contribution in [3.63, 3.8) is 0 Å². The van der Waals surface area contributed by atoms with E-state index < -0.39 is 0 Å². The maximum Gasteiger partial charge on any atom is 0.254 e. The normalized spacial score (nSPS) is 12.2. The van der Waals surface area contributed by atoms with Gasteiger partial charge >= 0.3 is 0 Å². The van der Waals surface area contributed by atoms with Gasteiger partial charge in [-0.3, -0.25) is 4.79 Å². The molecule has 0 fully saturated rings. The van der Waals surface area contributed by atoms with Crippen LogP contribution in [0.5, 0.6) is 0 Å². The van der Waals surface area contributed by atoms with Crippen LogP contribution >= 0.6 is 23.2 Å². The molecular weight excluding hydrogens is 295 g/mol. The van der Waals surface area contributed by atoms with E-state index in [2.05, 4.69) is 13.8 Å². The van der Waals surface area contributed by atoms with Gasteiger partial charge in [0.25, 0.3) is 5.91 Å².